The van der Waals surface area contributed by atoms with Crippen LogP contribution in [-0.2, 0) is 4.74 Å². The van der Waals surface area contributed by atoms with Gasteiger partial charge in [-0.25, -0.2) is 0 Å². The Balaban J connectivity index is 2.26. The highest BCUT2D eigenvalue weighted by molar-refractivity contribution is 5.66. The summed E-state index contributed by atoms with van der Waals surface area (Å²) in [5.41, 5.74) is 1.64. The van der Waals surface area contributed by atoms with Gasteiger partial charge in [-0.15, -0.1) is 0 Å². The van der Waals surface area contributed by atoms with Crippen LogP contribution < -0.4 is 5.32 Å². The number of nitro benzene ring substituents is 1. The van der Waals surface area contributed by atoms with Gasteiger partial charge in [-0.3, -0.25) is 10.1 Å². The van der Waals surface area contributed by atoms with E-state index < -0.39 is 0 Å². The first-order chi connectivity index (χ1) is 7.68. The zero-order valence-corrected chi connectivity index (χ0v) is 9.10. The highest BCUT2D eigenvalue weighted by Crippen LogP contribution is 2.29. The number of nitrogens with one attached hydrogen (secondary N) is 1. The van der Waals surface area contributed by atoms with E-state index in [0.29, 0.717) is 12.3 Å². The lowest BCUT2D eigenvalue weighted by Gasteiger charge is -2.14. The summed E-state index contributed by atoms with van der Waals surface area (Å²) in [6, 6.07) is 5.26. The van der Waals surface area contributed by atoms with E-state index in [4.69, 9.17) is 4.74 Å². The molecule has 1 aliphatic heterocycles. The van der Waals surface area contributed by atoms with Crippen LogP contribution in [-0.4, -0.2) is 24.2 Å². The first kappa shape index (κ1) is 10.9. The van der Waals surface area contributed by atoms with Crippen LogP contribution in [0.1, 0.15) is 12.0 Å². The van der Waals surface area contributed by atoms with Crippen LogP contribution in [0.25, 0.3) is 0 Å². The van der Waals surface area contributed by atoms with Crippen LogP contribution in [0.15, 0.2) is 18.2 Å². The van der Waals surface area contributed by atoms with Crippen molar-refractivity contribution in [3.05, 3.63) is 33.9 Å². The molecule has 0 radical (unpaired) electrons. The summed E-state index contributed by atoms with van der Waals surface area (Å²) in [5, 5.41) is 14.1. The van der Waals surface area contributed by atoms with Crippen molar-refractivity contribution in [1.82, 2.24) is 0 Å². The van der Waals surface area contributed by atoms with E-state index >= 15 is 0 Å². The number of nitrogens with zero attached hydrogens (tertiary/aromatic N) is 1. The van der Waals surface area contributed by atoms with Crippen LogP contribution in [0, 0.1) is 17.0 Å². The van der Waals surface area contributed by atoms with E-state index in [-0.39, 0.29) is 16.7 Å². The fourth-order valence-corrected chi connectivity index (χ4v) is 1.84. The SMILES string of the molecule is Cc1cccc([N+](=O)[O-])c1NC1CCOC1. The molecule has 0 spiro atoms. The molecule has 0 bridgehead atoms. The standard InChI is InChI=1S/C11H14N2O3/c1-8-3-2-4-10(13(14)15)11(8)12-9-5-6-16-7-9/h2-4,9,12H,5-7H2,1H3. The molecule has 0 amide bonds. The van der Waals surface area contributed by atoms with Gasteiger partial charge < -0.3 is 10.1 Å². The van der Waals surface area contributed by atoms with Crippen molar-refractivity contribution in [3.63, 3.8) is 0 Å². The van der Waals surface area contributed by atoms with Gasteiger partial charge in [0.15, 0.2) is 0 Å². The number of hydrogen-bond donors (Lipinski definition) is 1. The number of ether oxygens (including phenoxy) is 1. The summed E-state index contributed by atoms with van der Waals surface area (Å²) in [6.07, 6.45) is 0.894. The van der Waals surface area contributed by atoms with E-state index in [1.807, 2.05) is 13.0 Å². The molecular weight excluding hydrogens is 208 g/mol. The molecule has 0 saturated carbocycles. The summed E-state index contributed by atoms with van der Waals surface area (Å²) in [4.78, 5) is 10.5. The molecule has 1 aliphatic rings. The van der Waals surface area contributed by atoms with Gasteiger partial charge in [0, 0.05) is 12.7 Å². The lowest BCUT2D eigenvalue weighted by molar-refractivity contribution is -0.384. The Kier molecular flexibility index (Phi) is 3.05. The molecule has 1 fully saturated rings. The largest absolute Gasteiger partial charge is 0.379 e. The van der Waals surface area contributed by atoms with Crippen molar-refractivity contribution >= 4 is 11.4 Å². The van der Waals surface area contributed by atoms with E-state index in [0.717, 1.165) is 18.6 Å². The number of nitro groups is 1. The summed E-state index contributed by atoms with van der Waals surface area (Å²) in [5.74, 6) is 0. The molecule has 1 aromatic rings. The van der Waals surface area contributed by atoms with Crippen LogP contribution in [0.4, 0.5) is 11.4 Å². The van der Waals surface area contributed by atoms with Gasteiger partial charge in [0.2, 0.25) is 0 Å². The van der Waals surface area contributed by atoms with Gasteiger partial charge in [0.1, 0.15) is 5.69 Å². The summed E-state index contributed by atoms with van der Waals surface area (Å²) >= 11 is 0. The normalized spacial score (nSPS) is 19.7. The van der Waals surface area contributed by atoms with Gasteiger partial charge >= 0.3 is 0 Å². The smallest absolute Gasteiger partial charge is 0.292 e. The lowest BCUT2D eigenvalue weighted by atomic mass is 10.1. The molecule has 0 aromatic heterocycles. The first-order valence-corrected chi connectivity index (χ1v) is 5.27. The second-order valence-corrected chi connectivity index (χ2v) is 3.93. The van der Waals surface area contributed by atoms with Crippen molar-refractivity contribution in [2.75, 3.05) is 18.5 Å². The number of aryl methyl sites for hydroxylation is 1. The third-order valence-corrected chi connectivity index (χ3v) is 2.73. The number of hydrogen-bond acceptors (Lipinski definition) is 4. The predicted octanol–water partition coefficient (Wildman–Crippen LogP) is 2.10. The summed E-state index contributed by atoms with van der Waals surface area (Å²) in [6.45, 7) is 3.20. The van der Waals surface area contributed by atoms with Gasteiger partial charge in [-0.05, 0) is 18.9 Å². The van der Waals surface area contributed by atoms with Gasteiger partial charge in [-0.2, -0.15) is 0 Å². The third-order valence-electron chi connectivity index (χ3n) is 2.73. The van der Waals surface area contributed by atoms with Gasteiger partial charge in [-0.1, -0.05) is 12.1 Å². The Morgan fingerprint density at radius 1 is 1.56 bits per heavy atom. The number of anilines is 1. The quantitative estimate of drug-likeness (QED) is 0.628. The Bertz CT molecular complexity index is 400. The predicted molar refractivity (Wildman–Crippen MR) is 60.7 cm³/mol. The molecule has 1 saturated heterocycles. The molecule has 5 heteroatoms. The second-order valence-electron chi connectivity index (χ2n) is 3.93. The van der Waals surface area contributed by atoms with Crippen molar-refractivity contribution in [3.8, 4) is 0 Å². The van der Waals surface area contributed by atoms with Crippen LogP contribution in [0.5, 0.6) is 0 Å². The number of rotatable bonds is 3. The average Bonchev–Trinajstić information content (AvgIpc) is 2.73. The maximum absolute atomic E-state index is 10.9. The van der Waals surface area contributed by atoms with E-state index in [2.05, 4.69) is 5.32 Å². The van der Waals surface area contributed by atoms with E-state index in [1.165, 1.54) is 6.07 Å². The zero-order valence-electron chi connectivity index (χ0n) is 9.10. The van der Waals surface area contributed by atoms with Gasteiger partial charge in [0.05, 0.1) is 17.6 Å². The molecular formula is C11H14N2O3. The molecule has 16 heavy (non-hydrogen) atoms. The second kappa shape index (κ2) is 4.49. The van der Waals surface area contributed by atoms with Crippen LogP contribution in [0.2, 0.25) is 0 Å². The maximum atomic E-state index is 10.9. The zero-order chi connectivity index (χ0) is 11.5. The topological polar surface area (TPSA) is 64.4 Å². The molecule has 86 valence electrons. The Hall–Kier alpha value is -1.62. The molecule has 1 N–H and O–H groups in total. The Labute approximate surface area is 93.6 Å². The van der Waals surface area contributed by atoms with Gasteiger partial charge in [0.25, 0.3) is 5.69 Å². The van der Waals surface area contributed by atoms with Crippen molar-refractivity contribution in [2.45, 2.75) is 19.4 Å². The highest BCUT2D eigenvalue weighted by atomic mass is 16.6. The van der Waals surface area contributed by atoms with E-state index in [9.17, 15) is 10.1 Å². The summed E-state index contributed by atoms with van der Waals surface area (Å²) < 4.78 is 5.24. The van der Waals surface area contributed by atoms with Crippen molar-refractivity contribution in [1.29, 1.82) is 0 Å². The Morgan fingerprint density at radius 2 is 2.38 bits per heavy atom. The molecule has 2 rings (SSSR count). The molecule has 1 aromatic carbocycles. The third kappa shape index (κ3) is 2.14. The highest BCUT2D eigenvalue weighted by Gasteiger charge is 2.21. The average molecular weight is 222 g/mol. The number of para-hydroxylation sites is 1. The summed E-state index contributed by atoms with van der Waals surface area (Å²) in [7, 11) is 0. The van der Waals surface area contributed by atoms with Crippen LogP contribution >= 0.6 is 0 Å². The van der Waals surface area contributed by atoms with Crippen molar-refractivity contribution < 1.29 is 9.66 Å². The Morgan fingerprint density at radius 3 is 3.00 bits per heavy atom. The minimum absolute atomic E-state index is 0.131. The van der Waals surface area contributed by atoms with Crippen LogP contribution in [0.3, 0.4) is 0 Å². The fraction of sp³-hybridized carbons (Fsp3) is 0.455. The molecule has 1 atom stereocenters. The minimum Gasteiger partial charge on any atom is -0.379 e. The molecule has 1 heterocycles. The lowest BCUT2D eigenvalue weighted by Crippen LogP contribution is -2.20. The maximum Gasteiger partial charge on any atom is 0.292 e. The first-order valence-electron chi connectivity index (χ1n) is 5.27. The minimum atomic E-state index is -0.356. The van der Waals surface area contributed by atoms with E-state index in [1.54, 1.807) is 6.07 Å². The van der Waals surface area contributed by atoms with Crippen molar-refractivity contribution in [2.24, 2.45) is 0 Å². The molecule has 5 nitrogen and oxygen atoms in total. The molecule has 1 unspecified atom stereocenters. The monoisotopic (exact) mass is 222 g/mol. The molecule has 0 aliphatic carbocycles. The fourth-order valence-electron chi connectivity index (χ4n) is 1.84. The number of benzene rings is 1.